The number of aryl methyl sites for hydroxylation is 1. The second-order valence-electron chi connectivity index (χ2n) is 2.16. The third kappa shape index (κ3) is 1.58. The van der Waals surface area contributed by atoms with Crippen LogP contribution >= 0.6 is 0 Å². The van der Waals surface area contributed by atoms with Gasteiger partial charge < -0.3 is 5.32 Å². The molecule has 1 rings (SSSR count). The molecular weight excluding hydrogens is 142 g/mol. The fourth-order valence-electron chi connectivity index (χ4n) is 0.798. The molecule has 1 amide bonds. The number of nitrogens with zero attached hydrogens (tertiary/aromatic N) is 2. The van der Waals surface area contributed by atoms with Crippen LogP contribution in [0.5, 0.6) is 0 Å². The first-order valence-corrected chi connectivity index (χ1v) is 3.52. The van der Waals surface area contributed by atoms with Crippen LogP contribution in [0, 0.1) is 0 Å². The van der Waals surface area contributed by atoms with E-state index in [2.05, 4.69) is 10.4 Å². The van der Waals surface area contributed by atoms with E-state index in [4.69, 9.17) is 0 Å². The zero-order valence-corrected chi connectivity index (χ0v) is 6.66. The quantitative estimate of drug-likeness (QED) is 0.662. The van der Waals surface area contributed by atoms with E-state index in [9.17, 15) is 4.79 Å². The molecule has 1 N–H and O–H groups in total. The Morgan fingerprint density at radius 3 is 3.00 bits per heavy atom. The first kappa shape index (κ1) is 7.78. The van der Waals surface area contributed by atoms with Crippen LogP contribution in [0.4, 0.5) is 0 Å². The van der Waals surface area contributed by atoms with Crippen molar-refractivity contribution >= 4 is 5.91 Å². The maximum Gasteiger partial charge on any atom is 0.254 e. The van der Waals surface area contributed by atoms with Crippen molar-refractivity contribution in [3.8, 4) is 0 Å². The zero-order valence-electron chi connectivity index (χ0n) is 6.66. The van der Waals surface area contributed by atoms with Gasteiger partial charge in [0.2, 0.25) is 0 Å². The van der Waals surface area contributed by atoms with Gasteiger partial charge in [0.25, 0.3) is 5.91 Å². The van der Waals surface area contributed by atoms with Crippen molar-refractivity contribution in [2.75, 3.05) is 7.05 Å². The molecule has 0 radical (unpaired) electrons. The van der Waals surface area contributed by atoms with Crippen molar-refractivity contribution in [1.29, 1.82) is 0 Å². The van der Waals surface area contributed by atoms with E-state index in [1.165, 1.54) is 0 Å². The van der Waals surface area contributed by atoms with Crippen molar-refractivity contribution in [3.05, 3.63) is 18.0 Å². The highest BCUT2D eigenvalue weighted by atomic mass is 16.1. The van der Waals surface area contributed by atoms with E-state index in [1.54, 1.807) is 24.1 Å². The first-order valence-electron chi connectivity index (χ1n) is 3.52. The summed E-state index contributed by atoms with van der Waals surface area (Å²) in [7, 11) is 1.60. The Kier molecular flexibility index (Phi) is 2.25. The van der Waals surface area contributed by atoms with Gasteiger partial charge in [-0.2, -0.15) is 5.10 Å². The van der Waals surface area contributed by atoms with Gasteiger partial charge in [0.05, 0.1) is 11.8 Å². The van der Waals surface area contributed by atoms with Crippen LogP contribution in [0.1, 0.15) is 17.3 Å². The summed E-state index contributed by atoms with van der Waals surface area (Å²) in [6.07, 6.45) is 3.28. The summed E-state index contributed by atoms with van der Waals surface area (Å²) in [5.74, 6) is -0.0929. The molecule has 4 heteroatoms. The highest BCUT2D eigenvalue weighted by Gasteiger charge is 2.03. The maximum absolute atomic E-state index is 11.0. The topological polar surface area (TPSA) is 46.9 Å². The van der Waals surface area contributed by atoms with Gasteiger partial charge in [-0.05, 0) is 6.92 Å². The number of hydrogen-bond donors (Lipinski definition) is 1. The molecule has 1 heterocycles. The molecule has 0 aliphatic heterocycles. The van der Waals surface area contributed by atoms with Gasteiger partial charge in [-0.1, -0.05) is 0 Å². The summed E-state index contributed by atoms with van der Waals surface area (Å²) in [5, 5.41) is 6.49. The van der Waals surface area contributed by atoms with Crippen LogP contribution in [0.25, 0.3) is 0 Å². The van der Waals surface area contributed by atoms with Gasteiger partial charge in [0.15, 0.2) is 0 Å². The Labute approximate surface area is 65.2 Å². The number of hydrogen-bond acceptors (Lipinski definition) is 2. The predicted molar refractivity (Wildman–Crippen MR) is 41.3 cm³/mol. The SMILES string of the molecule is CCn1cc(C(=O)NC)cn1. The third-order valence-electron chi connectivity index (χ3n) is 1.45. The lowest BCUT2D eigenvalue weighted by molar-refractivity contribution is 0.0963. The van der Waals surface area contributed by atoms with Gasteiger partial charge in [0.1, 0.15) is 0 Å². The molecule has 0 fully saturated rings. The number of rotatable bonds is 2. The molecule has 0 bridgehead atoms. The van der Waals surface area contributed by atoms with E-state index in [1.807, 2.05) is 6.92 Å². The normalized spacial score (nSPS) is 9.64. The molecule has 0 unspecified atom stereocenters. The van der Waals surface area contributed by atoms with Crippen molar-refractivity contribution in [2.45, 2.75) is 13.5 Å². The second kappa shape index (κ2) is 3.18. The van der Waals surface area contributed by atoms with Gasteiger partial charge >= 0.3 is 0 Å². The van der Waals surface area contributed by atoms with E-state index >= 15 is 0 Å². The minimum atomic E-state index is -0.0929. The molecule has 0 spiro atoms. The standard InChI is InChI=1S/C7H11N3O/c1-3-10-5-6(4-9-10)7(11)8-2/h4-5H,3H2,1-2H3,(H,8,11). The van der Waals surface area contributed by atoms with Crippen LogP contribution in [0.15, 0.2) is 12.4 Å². The highest BCUT2D eigenvalue weighted by Crippen LogP contribution is 1.95. The van der Waals surface area contributed by atoms with Gasteiger partial charge in [0, 0.05) is 19.8 Å². The van der Waals surface area contributed by atoms with Gasteiger partial charge in [-0.15, -0.1) is 0 Å². The third-order valence-corrected chi connectivity index (χ3v) is 1.45. The Morgan fingerprint density at radius 1 is 1.82 bits per heavy atom. The van der Waals surface area contributed by atoms with Crippen LogP contribution in [-0.4, -0.2) is 22.7 Å². The van der Waals surface area contributed by atoms with Crippen LogP contribution in [0.3, 0.4) is 0 Å². The molecule has 0 aliphatic carbocycles. The fourth-order valence-corrected chi connectivity index (χ4v) is 0.798. The monoisotopic (exact) mass is 153 g/mol. The molecule has 0 aliphatic rings. The molecular formula is C7H11N3O. The summed E-state index contributed by atoms with van der Waals surface area (Å²) in [6.45, 7) is 2.76. The molecule has 4 nitrogen and oxygen atoms in total. The largest absolute Gasteiger partial charge is 0.355 e. The Hall–Kier alpha value is -1.32. The molecule has 0 saturated heterocycles. The van der Waals surface area contributed by atoms with Gasteiger partial charge in [-0.3, -0.25) is 9.48 Å². The van der Waals surface area contributed by atoms with E-state index in [0.717, 1.165) is 6.54 Å². The summed E-state index contributed by atoms with van der Waals surface area (Å²) in [5.41, 5.74) is 0.606. The van der Waals surface area contributed by atoms with Crippen molar-refractivity contribution < 1.29 is 4.79 Å². The summed E-state index contributed by atoms with van der Waals surface area (Å²) >= 11 is 0. The van der Waals surface area contributed by atoms with Crippen molar-refractivity contribution in [3.63, 3.8) is 0 Å². The number of carbonyl (C=O) groups excluding carboxylic acids is 1. The van der Waals surface area contributed by atoms with Crippen LogP contribution in [0.2, 0.25) is 0 Å². The zero-order chi connectivity index (χ0) is 8.27. The van der Waals surface area contributed by atoms with Crippen molar-refractivity contribution in [1.82, 2.24) is 15.1 Å². The lowest BCUT2D eigenvalue weighted by Crippen LogP contribution is -2.16. The predicted octanol–water partition coefficient (Wildman–Crippen LogP) is 0.263. The lowest BCUT2D eigenvalue weighted by Gasteiger charge is -1.92. The second-order valence-corrected chi connectivity index (χ2v) is 2.16. The highest BCUT2D eigenvalue weighted by molar-refractivity contribution is 5.93. The Morgan fingerprint density at radius 2 is 2.55 bits per heavy atom. The van der Waals surface area contributed by atoms with Crippen molar-refractivity contribution in [2.24, 2.45) is 0 Å². The molecule has 0 aromatic carbocycles. The number of aromatic nitrogens is 2. The number of amides is 1. The fraction of sp³-hybridized carbons (Fsp3) is 0.429. The molecule has 1 aromatic rings. The van der Waals surface area contributed by atoms with Crippen LogP contribution < -0.4 is 5.32 Å². The van der Waals surface area contributed by atoms with E-state index in [-0.39, 0.29) is 5.91 Å². The van der Waals surface area contributed by atoms with Gasteiger partial charge in [-0.25, -0.2) is 0 Å². The number of nitrogens with one attached hydrogen (secondary N) is 1. The average molecular weight is 153 g/mol. The minimum Gasteiger partial charge on any atom is -0.355 e. The maximum atomic E-state index is 11.0. The number of carbonyl (C=O) groups is 1. The minimum absolute atomic E-state index is 0.0929. The Bertz CT molecular complexity index is 254. The summed E-state index contributed by atoms with van der Waals surface area (Å²) in [6, 6.07) is 0. The summed E-state index contributed by atoms with van der Waals surface area (Å²) in [4.78, 5) is 11.0. The van der Waals surface area contributed by atoms with E-state index in [0.29, 0.717) is 5.56 Å². The smallest absolute Gasteiger partial charge is 0.254 e. The molecule has 11 heavy (non-hydrogen) atoms. The van der Waals surface area contributed by atoms with E-state index < -0.39 is 0 Å². The average Bonchev–Trinajstić information content (AvgIpc) is 2.50. The summed E-state index contributed by atoms with van der Waals surface area (Å²) < 4.78 is 1.71. The molecule has 60 valence electrons. The molecule has 0 atom stereocenters. The molecule has 0 saturated carbocycles. The Balaban J connectivity index is 2.80. The van der Waals surface area contributed by atoms with Crippen LogP contribution in [-0.2, 0) is 6.54 Å². The molecule has 1 aromatic heterocycles. The lowest BCUT2D eigenvalue weighted by atomic mass is 10.3. The first-order chi connectivity index (χ1) is 5.27.